The number of amides is 1. The first-order chi connectivity index (χ1) is 15.9. The molecule has 4 heterocycles. The highest BCUT2D eigenvalue weighted by atomic mass is 32.1. The van der Waals surface area contributed by atoms with E-state index < -0.39 is 5.54 Å². The number of aromatic nitrogens is 2. The van der Waals surface area contributed by atoms with Crippen molar-refractivity contribution in [3.05, 3.63) is 41.9 Å². The molecule has 0 bridgehead atoms. The number of carbonyl (C=O) groups excluding carboxylic acids is 1. The van der Waals surface area contributed by atoms with Crippen LogP contribution in [0.25, 0.3) is 0 Å². The predicted octanol–water partition coefficient (Wildman–Crippen LogP) is 3.19. The largest absolute Gasteiger partial charge is 0.474 e. The number of hydrogen-bond donors (Lipinski definition) is 0. The molecule has 9 heteroatoms. The molecule has 2 aromatic heterocycles. The molecule has 8 nitrogen and oxygen atoms in total. The highest BCUT2D eigenvalue weighted by Crippen LogP contribution is 2.47. The lowest BCUT2D eigenvalue weighted by molar-refractivity contribution is -0.123. The molecule has 2 aromatic rings. The zero-order valence-electron chi connectivity index (χ0n) is 18.8. The molecule has 0 aromatic carbocycles. The summed E-state index contributed by atoms with van der Waals surface area (Å²) < 4.78 is 6.09. The third kappa shape index (κ3) is 3.63. The standard InChI is InChI=1S/C24H26N6O2S/c1-16-12-18(15-26-20(16)13-25)29-22(31)24(8-3-9-24)30(23(29)33)17-4-5-21(27-14-17)32-19-6-10-28(2)11-7-19/h4-5,12,14-15,19H,3,6-11H2,1-2H3. The van der Waals surface area contributed by atoms with Gasteiger partial charge in [-0.15, -0.1) is 0 Å². The summed E-state index contributed by atoms with van der Waals surface area (Å²) in [5, 5.41) is 9.60. The molecule has 0 atom stereocenters. The molecule has 33 heavy (non-hydrogen) atoms. The van der Waals surface area contributed by atoms with E-state index in [-0.39, 0.29) is 12.0 Å². The van der Waals surface area contributed by atoms with Gasteiger partial charge in [0.2, 0.25) is 5.88 Å². The van der Waals surface area contributed by atoms with Crippen LogP contribution in [0.15, 0.2) is 30.6 Å². The Morgan fingerprint density at radius 1 is 1.18 bits per heavy atom. The summed E-state index contributed by atoms with van der Waals surface area (Å²) in [6, 6.07) is 7.66. The van der Waals surface area contributed by atoms with E-state index in [1.165, 1.54) is 0 Å². The van der Waals surface area contributed by atoms with Crippen LogP contribution in [-0.4, -0.2) is 57.7 Å². The number of likely N-dealkylation sites (tertiary alicyclic amines) is 1. The Hall–Kier alpha value is -3.09. The summed E-state index contributed by atoms with van der Waals surface area (Å²) in [5.74, 6) is 0.549. The molecule has 1 amide bonds. The quantitative estimate of drug-likeness (QED) is 0.641. The summed E-state index contributed by atoms with van der Waals surface area (Å²) >= 11 is 5.81. The minimum Gasteiger partial charge on any atom is -0.474 e. The molecule has 2 aliphatic heterocycles. The zero-order chi connectivity index (χ0) is 23.2. The molecule has 1 spiro atoms. The Balaban J connectivity index is 1.40. The highest BCUT2D eigenvalue weighted by Gasteiger charge is 2.59. The lowest BCUT2D eigenvalue weighted by Gasteiger charge is -2.42. The van der Waals surface area contributed by atoms with Gasteiger partial charge in [-0.25, -0.2) is 9.97 Å². The number of thiocarbonyl (C=S) groups is 1. The number of rotatable bonds is 4. The van der Waals surface area contributed by atoms with E-state index in [0.717, 1.165) is 50.9 Å². The van der Waals surface area contributed by atoms with Gasteiger partial charge in [0.15, 0.2) is 5.11 Å². The van der Waals surface area contributed by atoms with E-state index >= 15 is 0 Å². The van der Waals surface area contributed by atoms with E-state index in [9.17, 15) is 10.1 Å². The Bertz CT molecular complexity index is 1130. The van der Waals surface area contributed by atoms with E-state index in [0.29, 0.717) is 27.9 Å². The van der Waals surface area contributed by atoms with Crippen molar-refractivity contribution < 1.29 is 9.53 Å². The second kappa shape index (κ2) is 8.36. The van der Waals surface area contributed by atoms with Crippen LogP contribution in [0.1, 0.15) is 43.4 Å². The molecule has 3 fully saturated rings. The second-order valence-electron chi connectivity index (χ2n) is 9.09. The average molecular weight is 463 g/mol. The molecule has 0 N–H and O–H groups in total. The van der Waals surface area contributed by atoms with E-state index in [1.54, 1.807) is 23.4 Å². The zero-order valence-corrected chi connectivity index (χ0v) is 19.6. The van der Waals surface area contributed by atoms with Crippen LogP contribution in [0.4, 0.5) is 11.4 Å². The number of pyridine rings is 2. The summed E-state index contributed by atoms with van der Waals surface area (Å²) in [5.41, 5.74) is 1.74. The van der Waals surface area contributed by atoms with Crippen molar-refractivity contribution >= 4 is 34.6 Å². The number of ether oxygens (including phenoxy) is 1. The van der Waals surface area contributed by atoms with Crippen LogP contribution in [-0.2, 0) is 4.79 Å². The maximum Gasteiger partial charge on any atom is 0.259 e. The van der Waals surface area contributed by atoms with Crippen LogP contribution in [0.2, 0.25) is 0 Å². The number of nitriles is 1. The monoisotopic (exact) mass is 462 g/mol. The van der Waals surface area contributed by atoms with Gasteiger partial charge in [-0.1, -0.05) is 0 Å². The first-order valence-electron chi connectivity index (χ1n) is 11.3. The molecule has 0 unspecified atom stereocenters. The maximum absolute atomic E-state index is 13.6. The van der Waals surface area contributed by atoms with Crippen molar-refractivity contribution in [3.63, 3.8) is 0 Å². The summed E-state index contributed by atoms with van der Waals surface area (Å²) in [4.78, 5) is 28.1. The fraction of sp³-hybridized carbons (Fsp3) is 0.458. The summed E-state index contributed by atoms with van der Waals surface area (Å²) in [7, 11) is 2.12. The van der Waals surface area contributed by atoms with Crippen LogP contribution in [0.3, 0.4) is 0 Å². The number of nitrogens with zero attached hydrogens (tertiary/aromatic N) is 6. The highest BCUT2D eigenvalue weighted by molar-refractivity contribution is 7.81. The fourth-order valence-electron chi connectivity index (χ4n) is 4.86. The Labute approximate surface area is 198 Å². The van der Waals surface area contributed by atoms with Crippen molar-refractivity contribution in [1.82, 2.24) is 14.9 Å². The van der Waals surface area contributed by atoms with Gasteiger partial charge in [0.1, 0.15) is 23.4 Å². The van der Waals surface area contributed by atoms with Gasteiger partial charge >= 0.3 is 0 Å². The SMILES string of the molecule is Cc1cc(N2C(=O)C3(CCC3)N(c3ccc(OC4CCN(C)CC4)nc3)C2=S)cnc1C#N. The van der Waals surface area contributed by atoms with Crippen molar-refractivity contribution in [2.45, 2.75) is 50.7 Å². The van der Waals surface area contributed by atoms with Gasteiger partial charge in [0.25, 0.3) is 5.91 Å². The van der Waals surface area contributed by atoms with Gasteiger partial charge in [0.05, 0.1) is 23.8 Å². The summed E-state index contributed by atoms with van der Waals surface area (Å²) in [6.45, 7) is 3.85. The van der Waals surface area contributed by atoms with Crippen LogP contribution in [0, 0.1) is 18.3 Å². The Kier molecular flexibility index (Phi) is 5.51. The fourth-order valence-corrected chi connectivity index (χ4v) is 5.32. The number of anilines is 2. The van der Waals surface area contributed by atoms with E-state index in [4.69, 9.17) is 17.0 Å². The molecule has 0 radical (unpaired) electrons. The third-order valence-electron chi connectivity index (χ3n) is 6.95. The number of hydrogen-bond acceptors (Lipinski definition) is 7. The van der Waals surface area contributed by atoms with Crippen molar-refractivity contribution in [2.24, 2.45) is 0 Å². The first-order valence-corrected chi connectivity index (χ1v) is 11.7. The van der Waals surface area contributed by atoms with Crippen LogP contribution >= 0.6 is 12.2 Å². The van der Waals surface area contributed by atoms with Gasteiger partial charge in [-0.2, -0.15) is 5.26 Å². The molecule has 3 aliphatic rings. The van der Waals surface area contributed by atoms with Gasteiger partial charge in [-0.05, 0) is 76.0 Å². The van der Waals surface area contributed by atoms with Gasteiger partial charge in [-0.3, -0.25) is 9.69 Å². The normalized spacial score (nSPS) is 20.8. The molecule has 170 valence electrons. The maximum atomic E-state index is 13.6. The number of piperidine rings is 1. The molecule has 5 rings (SSSR count). The van der Waals surface area contributed by atoms with Gasteiger partial charge in [0, 0.05) is 19.2 Å². The molecular formula is C24H26N6O2S. The number of aryl methyl sites for hydroxylation is 1. The molecule has 2 saturated heterocycles. The predicted molar refractivity (Wildman–Crippen MR) is 128 cm³/mol. The first kappa shape index (κ1) is 21.7. The average Bonchev–Trinajstić information content (AvgIpc) is 3.02. The van der Waals surface area contributed by atoms with E-state index in [1.807, 2.05) is 24.0 Å². The topological polar surface area (TPSA) is 85.6 Å². The van der Waals surface area contributed by atoms with Crippen LogP contribution in [0.5, 0.6) is 5.88 Å². The lowest BCUT2D eigenvalue weighted by Crippen LogP contribution is -2.55. The lowest BCUT2D eigenvalue weighted by atomic mass is 9.75. The van der Waals surface area contributed by atoms with Crippen molar-refractivity contribution in [3.8, 4) is 11.9 Å². The van der Waals surface area contributed by atoms with Crippen molar-refractivity contribution in [1.29, 1.82) is 5.26 Å². The minimum atomic E-state index is -0.684. The Morgan fingerprint density at radius 2 is 1.91 bits per heavy atom. The molecular weight excluding hydrogens is 436 g/mol. The van der Waals surface area contributed by atoms with Crippen LogP contribution < -0.4 is 14.5 Å². The molecule has 1 aliphatic carbocycles. The third-order valence-corrected chi connectivity index (χ3v) is 7.32. The summed E-state index contributed by atoms with van der Waals surface area (Å²) in [6.07, 6.45) is 7.88. The minimum absolute atomic E-state index is 0.0451. The Morgan fingerprint density at radius 3 is 2.48 bits per heavy atom. The number of carbonyl (C=O) groups is 1. The second-order valence-corrected chi connectivity index (χ2v) is 9.45. The molecule has 1 saturated carbocycles. The van der Waals surface area contributed by atoms with Crippen molar-refractivity contribution in [2.75, 3.05) is 29.9 Å². The van der Waals surface area contributed by atoms with E-state index in [2.05, 4.69) is 28.0 Å². The van der Waals surface area contributed by atoms with Gasteiger partial charge < -0.3 is 14.5 Å². The smallest absolute Gasteiger partial charge is 0.259 e.